The lowest BCUT2D eigenvalue weighted by molar-refractivity contribution is 0.0958. The Morgan fingerprint density at radius 1 is 1.04 bits per heavy atom. The minimum absolute atomic E-state index is 0.0256. The van der Waals surface area contributed by atoms with Gasteiger partial charge in [-0.15, -0.1) is 0 Å². The van der Waals surface area contributed by atoms with Gasteiger partial charge in [0.15, 0.2) is 5.78 Å². The number of aliphatic hydroxyl groups is 1. The summed E-state index contributed by atoms with van der Waals surface area (Å²) in [5.74, 6) is -0.518. The number of fused-ring (bicyclic) bond motifs is 1. The molecule has 1 aromatic heterocycles. The van der Waals surface area contributed by atoms with Crippen LogP contribution in [0.25, 0.3) is 10.8 Å². The summed E-state index contributed by atoms with van der Waals surface area (Å²) < 4.78 is 14.5. The zero-order chi connectivity index (χ0) is 17.1. The normalized spacial score (nSPS) is 10.9. The Hall–Kier alpha value is -2.79. The van der Waals surface area contributed by atoms with Crippen LogP contribution in [0.1, 0.15) is 22.3 Å². The fourth-order valence-corrected chi connectivity index (χ4v) is 2.71. The molecule has 0 spiro atoms. The molecule has 1 heterocycles. The molecule has 3 aromatic rings. The minimum Gasteiger partial charge on any atom is -0.396 e. The van der Waals surface area contributed by atoms with Crippen LogP contribution >= 0.6 is 0 Å². The van der Waals surface area contributed by atoms with E-state index in [9.17, 15) is 14.0 Å². The number of halogens is 1. The number of Topliss-reactive ketones (excluding diaryl/α,β-unsaturated/α-hetero) is 1. The van der Waals surface area contributed by atoms with Crippen LogP contribution in [0.15, 0.2) is 59.5 Å². The van der Waals surface area contributed by atoms with Gasteiger partial charge in [-0.25, -0.2) is 4.39 Å². The van der Waals surface area contributed by atoms with Crippen molar-refractivity contribution >= 4 is 16.6 Å². The number of rotatable bonds is 5. The van der Waals surface area contributed by atoms with Crippen LogP contribution in [0.2, 0.25) is 0 Å². The highest BCUT2D eigenvalue weighted by atomic mass is 19.1. The smallest absolute Gasteiger partial charge is 0.258 e. The molecule has 0 fully saturated rings. The fourth-order valence-electron chi connectivity index (χ4n) is 2.71. The van der Waals surface area contributed by atoms with Gasteiger partial charge in [0.25, 0.3) is 5.56 Å². The van der Waals surface area contributed by atoms with Gasteiger partial charge in [-0.05, 0) is 35.2 Å². The Kier molecular flexibility index (Phi) is 4.53. The summed E-state index contributed by atoms with van der Waals surface area (Å²) in [6.45, 7) is 0.0979. The summed E-state index contributed by atoms with van der Waals surface area (Å²) in [4.78, 5) is 24.7. The van der Waals surface area contributed by atoms with Gasteiger partial charge in [-0.1, -0.05) is 24.3 Å². The van der Waals surface area contributed by atoms with E-state index in [1.54, 1.807) is 42.6 Å². The average Bonchev–Trinajstić information content (AvgIpc) is 2.59. The highest BCUT2D eigenvalue weighted by Gasteiger charge is 2.12. The maximum Gasteiger partial charge on any atom is 0.258 e. The van der Waals surface area contributed by atoms with E-state index < -0.39 is 0 Å². The third-order valence-electron chi connectivity index (χ3n) is 3.92. The van der Waals surface area contributed by atoms with Gasteiger partial charge >= 0.3 is 0 Å². The van der Waals surface area contributed by atoms with Crippen molar-refractivity contribution in [3.05, 3.63) is 82.0 Å². The first kappa shape index (κ1) is 16.1. The van der Waals surface area contributed by atoms with Gasteiger partial charge in [0.2, 0.25) is 0 Å². The number of hydrogen-bond acceptors (Lipinski definition) is 3. The van der Waals surface area contributed by atoms with E-state index in [-0.39, 0.29) is 30.2 Å². The third-order valence-corrected chi connectivity index (χ3v) is 3.92. The molecule has 0 amide bonds. The monoisotopic (exact) mass is 325 g/mol. The van der Waals surface area contributed by atoms with E-state index in [1.807, 2.05) is 0 Å². The Bertz CT molecular complexity index is 945. The SMILES string of the molecule is O=C(CCO)c1cccc2c(=O)n(Cc3ccc(F)cc3)ccc12. The number of ketones is 1. The predicted molar refractivity (Wildman–Crippen MR) is 89.7 cm³/mol. The van der Waals surface area contributed by atoms with Gasteiger partial charge in [0.05, 0.1) is 13.2 Å². The van der Waals surface area contributed by atoms with Crippen molar-refractivity contribution in [1.29, 1.82) is 0 Å². The fraction of sp³-hybridized carbons (Fsp3) is 0.158. The molecule has 0 bridgehead atoms. The van der Waals surface area contributed by atoms with Crippen LogP contribution in [0.5, 0.6) is 0 Å². The van der Waals surface area contributed by atoms with Crippen LogP contribution < -0.4 is 5.56 Å². The Morgan fingerprint density at radius 2 is 1.79 bits per heavy atom. The number of hydrogen-bond donors (Lipinski definition) is 1. The van der Waals surface area contributed by atoms with E-state index >= 15 is 0 Å². The second kappa shape index (κ2) is 6.76. The highest BCUT2D eigenvalue weighted by Crippen LogP contribution is 2.17. The first-order valence-corrected chi connectivity index (χ1v) is 7.61. The van der Waals surface area contributed by atoms with Crippen molar-refractivity contribution in [1.82, 2.24) is 4.57 Å². The zero-order valence-corrected chi connectivity index (χ0v) is 12.9. The number of carbonyl (C=O) groups excluding carboxylic acids is 1. The number of benzene rings is 2. The minimum atomic E-state index is -0.323. The molecule has 0 atom stereocenters. The molecule has 0 saturated carbocycles. The van der Waals surface area contributed by atoms with E-state index in [0.717, 1.165) is 5.56 Å². The van der Waals surface area contributed by atoms with E-state index in [2.05, 4.69) is 0 Å². The van der Waals surface area contributed by atoms with Crippen molar-refractivity contribution in [3.8, 4) is 0 Å². The van der Waals surface area contributed by atoms with E-state index in [4.69, 9.17) is 5.11 Å². The molecule has 122 valence electrons. The molecule has 2 aromatic carbocycles. The van der Waals surface area contributed by atoms with Crippen LogP contribution in [0.4, 0.5) is 4.39 Å². The van der Waals surface area contributed by atoms with E-state index in [1.165, 1.54) is 16.7 Å². The standard InChI is InChI=1S/C19H16FNO3/c20-14-6-4-13(5-7-14)12-21-10-8-15-16(18(23)9-11-22)2-1-3-17(15)19(21)24/h1-8,10,22H,9,11-12H2. The zero-order valence-electron chi connectivity index (χ0n) is 12.9. The molecule has 0 radical (unpaired) electrons. The lowest BCUT2D eigenvalue weighted by atomic mass is 10.0. The highest BCUT2D eigenvalue weighted by molar-refractivity contribution is 6.07. The summed E-state index contributed by atoms with van der Waals surface area (Å²) in [6, 6.07) is 12.7. The lowest BCUT2D eigenvalue weighted by Gasteiger charge is -2.10. The Balaban J connectivity index is 2.04. The van der Waals surface area contributed by atoms with Crippen LogP contribution in [0.3, 0.4) is 0 Å². The van der Waals surface area contributed by atoms with Crippen LogP contribution in [0, 0.1) is 5.82 Å². The topological polar surface area (TPSA) is 59.3 Å². The van der Waals surface area contributed by atoms with Crippen LogP contribution in [-0.2, 0) is 6.54 Å². The summed E-state index contributed by atoms with van der Waals surface area (Å²) in [5, 5.41) is 9.97. The second-order valence-corrected chi connectivity index (χ2v) is 5.54. The summed E-state index contributed by atoms with van der Waals surface area (Å²) in [6.07, 6.45) is 1.65. The van der Waals surface area contributed by atoms with Gasteiger partial charge in [-0.3, -0.25) is 9.59 Å². The number of carbonyl (C=O) groups is 1. The van der Waals surface area contributed by atoms with Crippen molar-refractivity contribution in [2.24, 2.45) is 0 Å². The molecule has 0 aliphatic rings. The maximum absolute atomic E-state index is 13.0. The quantitative estimate of drug-likeness (QED) is 0.734. The number of aromatic nitrogens is 1. The maximum atomic E-state index is 13.0. The lowest BCUT2D eigenvalue weighted by Crippen LogP contribution is -2.20. The van der Waals surface area contributed by atoms with Gasteiger partial charge < -0.3 is 9.67 Å². The van der Waals surface area contributed by atoms with Crippen LogP contribution in [-0.4, -0.2) is 22.1 Å². The molecule has 0 aliphatic heterocycles. The predicted octanol–water partition coefficient (Wildman–Crippen LogP) is 2.75. The molecule has 3 rings (SSSR count). The number of nitrogens with zero attached hydrogens (tertiary/aromatic N) is 1. The second-order valence-electron chi connectivity index (χ2n) is 5.54. The van der Waals surface area contributed by atoms with Crippen molar-refractivity contribution in [3.63, 3.8) is 0 Å². The number of pyridine rings is 1. The summed E-state index contributed by atoms with van der Waals surface area (Å²) in [7, 11) is 0. The molecular weight excluding hydrogens is 309 g/mol. The number of aliphatic hydroxyl groups excluding tert-OH is 1. The van der Waals surface area contributed by atoms with Gasteiger partial charge in [0.1, 0.15) is 5.82 Å². The summed E-state index contributed by atoms with van der Waals surface area (Å²) in [5.41, 5.74) is 1.04. The first-order chi connectivity index (χ1) is 11.6. The van der Waals surface area contributed by atoms with Gasteiger partial charge in [-0.2, -0.15) is 0 Å². The molecule has 24 heavy (non-hydrogen) atoms. The molecular formula is C19H16FNO3. The van der Waals surface area contributed by atoms with Crippen molar-refractivity contribution in [2.45, 2.75) is 13.0 Å². The molecule has 0 aliphatic carbocycles. The average molecular weight is 325 g/mol. The molecule has 4 nitrogen and oxygen atoms in total. The van der Waals surface area contributed by atoms with Crippen molar-refractivity contribution in [2.75, 3.05) is 6.61 Å². The molecule has 1 N–H and O–H groups in total. The van der Waals surface area contributed by atoms with Gasteiger partial charge in [0, 0.05) is 23.6 Å². The molecule has 0 unspecified atom stereocenters. The third kappa shape index (κ3) is 3.12. The van der Waals surface area contributed by atoms with E-state index in [0.29, 0.717) is 22.9 Å². The molecule has 5 heteroatoms. The largest absolute Gasteiger partial charge is 0.396 e. The summed E-state index contributed by atoms with van der Waals surface area (Å²) >= 11 is 0. The first-order valence-electron chi connectivity index (χ1n) is 7.61. The Labute approximate surface area is 137 Å². The Morgan fingerprint density at radius 3 is 2.50 bits per heavy atom. The molecule has 0 saturated heterocycles. The van der Waals surface area contributed by atoms with Crippen molar-refractivity contribution < 1.29 is 14.3 Å².